The summed E-state index contributed by atoms with van der Waals surface area (Å²) < 4.78 is 10.7. The van der Waals surface area contributed by atoms with Crippen LogP contribution in [0.3, 0.4) is 0 Å². The summed E-state index contributed by atoms with van der Waals surface area (Å²) >= 11 is 0. The van der Waals surface area contributed by atoms with Crippen LogP contribution in [0.15, 0.2) is 60.7 Å². The number of hydrogen-bond acceptors (Lipinski definition) is 6. The predicted octanol–water partition coefficient (Wildman–Crippen LogP) is 3.49. The highest BCUT2D eigenvalue weighted by molar-refractivity contribution is 5.62. The van der Waals surface area contributed by atoms with Gasteiger partial charge >= 0.3 is 0 Å². The second-order valence-corrected chi connectivity index (χ2v) is 7.38. The molecule has 0 spiro atoms. The summed E-state index contributed by atoms with van der Waals surface area (Å²) in [5, 5.41) is 12.5. The molecule has 4 rings (SSSR count). The quantitative estimate of drug-likeness (QED) is 0.620. The Labute approximate surface area is 177 Å². The molecule has 0 atom stereocenters. The van der Waals surface area contributed by atoms with Crippen molar-refractivity contribution in [3.63, 3.8) is 0 Å². The first-order valence-electron chi connectivity index (χ1n) is 10.4. The first-order chi connectivity index (χ1) is 14.8. The van der Waals surface area contributed by atoms with Crippen LogP contribution in [0.4, 0.5) is 5.82 Å². The molecule has 0 aliphatic carbocycles. The second-order valence-electron chi connectivity index (χ2n) is 7.38. The van der Waals surface area contributed by atoms with Crippen molar-refractivity contribution in [3.8, 4) is 17.0 Å². The molecule has 0 unspecified atom stereocenters. The molecule has 0 bridgehead atoms. The van der Waals surface area contributed by atoms with Crippen LogP contribution in [0.2, 0.25) is 0 Å². The average molecular weight is 405 g/mol. The number of hydrogen-bond donors (Lipinski definition) is 1. The molecule has 1 fully saturated rings. The van der Waals surface area contributed by atoms with E-state index in [1.165, 1.54) is 5.56 Å². The summed E-state index contributed by atoms with van der Waals surface area (Å²) in [5.41, 5.74) is 4.30. The Morgan fingerprint density at radius 2 is 1.77 bits per heavy atom. The number of nitrogens with zero attached hydrogens (tertiary/aromatic N) is 3. The van der Waals surface area contributed by atoms with Crippen LogP contribution >= 0.6 is 0 Å². The Bertz CT molecular complexity index is 926. The van der Waals surface area contributed by atoms with E-state index in [1.807, 2.05) is 30.3 Å². The summed E-state index contributed by atoms with van der Waals surface area (Å²) in [6.07, 6.45) is 0.777. The number of methoxy groups -OCH3 is 1. The number of ether oxygens (including phenoxy) is 2. The molecule has 6 heteroatoms. The monoisotopic (exact) mass is 404 g/mol. The fraction of sp³-hybridized carbons (Fsp3) is 0.333. The van der Waals surface area contributed by atoms with Crippen molar-refractivity contribution in [1.82, 2.24) is 15.1 Å². The lowest BCUT2D eigenvalue weighted by atomic mass is 10.0. The summed E-state index contributed by atoms with van der Waals surface area (Å²) in [4.78, 5) is 2.41. The molecule has 0 radical (unpaired) electrons. The van der Waals surface area contributed by atoms with Crippen molar-refractivity contribution in [2.75, 3.05) is 51.8 Å². The van der Waals surface area contributed by atoms with Gasteiger partial charge < -0.3 is 14.8 Å². The average Bonchev–Trinajstić information content (AvgIpc) is 2.82. The lowest BCUT2D eigenvalue weighted by molar-refractivity contribution is 0.0398. The van der Waals surface area contributed by atoms with Crippen LogP contribution in [0.25, 0.3) is 11.3 Å². The topological polar surface area (TPSA) is 59.5 Å². The van der Waals surface area contributed by atoms with Gasteiger partial charge in [0.25, 0.3) is 0 Å². The summed E-state index contributed by atoms with van der Waals surface area (Å²) in [6.45, 7) is 5.39. The largest absolute Gasteiger partial charge is 0.497 e. The van der Waals surface area contributed by atoms with Crippen molar-refractivity contribution in [3.05, 3.63) is 71.8 Å². The molecule has 156 valence electrons. The van der Waals surface area contributed by atoms with Gasteiger partial charge in [-0.1, -0.05) is 42.5 Å². The third kappa shape index (κ3) is 5.34. The van der Waals surface area contributed by atoms with Gasteiger partial charge in [0.15, 0.2) is 5.82 Å². The van der Waals surface area contributed by atoms with E-state index in [-0.39, 0.29) is 0 Å². The zero-order valence-corrected chi connectivity index (χ0v) is 17.4. The third-order valence-electron chi connectivity index (χ3n) is 5.32. The predicted molar refractivity (Wildman–Crippen MR) is 119 cm³/mol. The molecule has 1 aliphatic rings. The Kier molecular flexibility index (Phi) is 6.90. The number of benzene rings is 2. The van der Waals surface area contributed by atoms with E-state index in [2.05, 4.69) is 50.7 Å². The molecule has 0 saturated carbocycles. The van der Waals surface area contributed by atoms with Crippen molar-refractivity contribution in [1.29, 1.82) is 0 Å². The summed E-state index contributed by atoms with van der Waals surface area (Å²) in [7, 11) is 1.68. The fourth-order valence-electron chi connectivity index (χ4n) is 3.58. The summed E-state index contributed by atoms with van der Waals surface area (Å²) in [5.74, 6) is 1.71. The van der Waals surface area contributed by atoms with Gasteiger partial charge in [-0.2, -0.15) is 0 Å². The smallest absolute Gasteiger partial charge is 0.152 e. The van der Waals surface area contributed by atoms with E-state index < -0.39 is 0 Å². The van der Waals surface area contributed by atoms with Crippen LogP contribution in [-0.2, 0) is 11.2 Å². The number of morpholine rings is 1. The summed E-state index contributed by atoms with van der Waals surface area (Å²) in [6, 6.07) is 20.5. The molecule has 1 aliphatic heterocycles. The van der Waals surface area contributed by atoms with Crippen LogP contribution in [0.1, 0.15) is 11.1 Å². The van der Waals surface area contributed by atoms with Gasteiger partial charge in [0, 0.05) is 43.7 Å². The minimum absolute atomic E-state index is 0.777. The standard InChI is InChI=1S/C24H28N4O2/c1-29-22-9-7-19(8-10-22)17-21-18-23(20-5-3-2-4-6-20)26-27-24(21)25-11-12-28-13-15-30-16-14-28/h2-10,18H,11-17H2,1H3,(H,25,27). The molecule has 1 N–H and O–H groups in total. The molecular formula is C24H28N4O2. The molecule has 0 amide bonds. The zero-order valence-electron chi connectivity index (χ0n) is 17.4. The van der Waals surface area contributed by atoms with E-state index in [0.29, 0.717) is 0 Å². The van der Waals surface area contributed by atoms with Crippen molar-refractivity contribution in [2.45, 2.75) is 6.42 Å². The lowest BCUT2D eigenvalue weighted by Crippen LogP contribution is -2.39. The van der Waals surface area contributed by atoms with Crippen LogP contribution in [0, 0.1) is 0 Å². The van der Waals surface area contributed by atoms with Crippen LogP contribution in [0.5, 0.6) is 5.75 Å². The van der Waals surface area contributed by atoms with Gasteiger partial charge in [-0.25, -0.2) is 0 Å². The normalized spacial score (nSPS) is 14.4. The molecule has 6 nitrogen and oxygen atoms in total. The number of nitrogens with one attached hydrogen (secondary N) is 1. The van der Waals surface area contributed by atoms with E-state index in [4.69, 9.17) is 9.47 Å². The molecule has 1 saturated heterocycles. The van der Waals surface area contributed by atoms with E-state index in [0.717, 1.165) is 74.2 Å². The second kappa shape index (κ2) is 10.2. The highest BCUT2D eigenvalue weighted by Gasteiger charge is 2.12. The minimum atomic E-state index is 0.777. The maximum atomic E-state index is 5.43. The van der Waals surface area contributed by atoms with Gasteiger partial charge in [0.1, 0.15) is 5.75 Å². The molecule has 2 aromatic carbocycles. The Balaban J connectivity index is 1.52. The van der Waals surface area contributed by atoms with Crippen LogP contribution in [-0.4, -0.2) is 61.6 Å². The Morgan fingerprint density at radius 1 is 1.00 bits per heavy atom. The van der Waals surface area contributed by atoms with Gasteiger partial charge in [-0.3, -0.25) is 4.90 Å². The zero-order chi connectivity index (χ0) is 20.6. The van der Waals surface area contributed by atoms with Gasteiger partial charge in [0.05, 0.1) is 26.0 Å². The first-order valence-corrected chi connectivity index (χ1v) is 10.4. The fourth-order valence-corrected chi connectivity index (χ4v) is 3.58. The van der Waals surface area contributed by atoms with Gasteiger partial charge in [-0.15, -0.1) is 10.2 Å². The van der Waals surface area contributed by atoms with Gasteiger partial charge in [-0.05, 0) is 23.8 Å². The highest BCUT2D eigenvalue weighted by atomic mass is 16.5. The minimum Gasteiger partial charge on any atom is -0.497 e. The van der Waals surface area contributed by atoms with Crippen molar-refractivity contribution in [2.24, 2.45) is 0 Å². The maximum Gasteiger partial charge on any atom is 0.152 e. The molecule has 3 aromatic rings. The Morgan fingerprint density at radius 3 is 2.50 bits per heavy atom. The van der Waals surface area contributed by atoms with Crippen LogP contribution < -0.4 is 10.1 Å². The lowest BCUT2D eigenvalue weighted by Gasteiger charge is -2.26. The number of anilines is 1. The molecular weight excluding hydrogens is 376 g/mol. The molecule has 1 aromatic heterocycles. The Hall–Kier alpha value is -2.96. The van der Waals surface area contributed by atoms with E-state index >= 15 is 0 Å². The van der Waals surface area contributed by atoms with E-state index in [9.17, 15) is 0 Å². The van der Waals surface area contributed by atoms with E-state index in [1.54, 1.807) is 7.11 Å². The number of rotatable bonds is 8. The molecule has 30 heavy (non-hydrogen) atoms. The third-order valence-corrected chi connectivity index (χ3v) is 5.32. The first kappa shape index (κ1) is 20.3. The van der Waals surface area contributed by atoms with Crippen molar-refractivity contribution < 1.29 is 9.47 Å². The highest BCUT2D eigenvalue weighted by Crippen LogP contribution is 2.24. The SMILES string of the molecule is COc1ccc(Cc2cc(-c3ccccc3)nnc2NCCN2CCOCC2)cc1. The molecule has 2 heterocycles. The maximum absolute atomic E-state index is 5.43. The number of aromatic nitrogens is 2. The van der Waals surface area contributed by atoms with Crippen molar-refractivity contribution >= 4 is 5.82 Å². The van der Waals surface area contributed by atoms with Gasteiger partial charge in [0.2, 0.25) is 0 Å².